The molecule has 0 bridgehead atoms. The number of carbonyl (C=O) groups excluding carboxylic acids is 1. The molecule has 0 unspecified atom stereocenters. The molecule has 0 saturated heterocycles. The monoisotopic (exact) mass is 128 g/mol. The summed E-state index contributed by atoms with van der Waals surface area (Å²) in [4.78, 5) is 10.8. The van der Waals surface area contributed by atoms with Crippen LogP contribution in [0.1, 0.15) is 25.7 Å². The Kier molecular flexibility index (Phi) is 2.05. The lowest BCUT2D eigenvalue weighted by Gasteiger charge is -2.04. The molecule has 52 valence electrons. The van der Waals surface area contributed by atoms with Crippen LogP contribution in [0.4, 0.5) is 0 Å². The van der Waals surface area contributed by atoms with Crippen molar-refractivity contribution in [2.75, 3.05) is 0 Å². The molecule has 1 rings (SSSR count). The molecule has 0 spiro atoms. The van der Waals surface area contributed by atoms with Gasteiger partial charge in [-0.25, -0.2) is 5.84 Å². The highest BCUT2D eigenvalue weighted by molar-refractivity contribution is 5.78. The van der Waals surface area contributed by atoms with Crippen LogP contribution in [0.5, 0.6) is 0 Å². The van der Waals surface area contributed by atoms with E-state index in [4.69, 9.17) is 5.84 Å². The Morgan fingerprint density at radius 2 is 2.00 bits per heavy atom. The summed E-state index contributed by atoms with van der Waals surface area (Å²) in [6, 6.07) is 0. The first-order chi connectivity index (χ1) is 4.34. The largest absolute Gasteiger partial charge is 0.294 e. The van der Waals surface area contributed by atoms with E-state index < -0.39 is 0 Å². The first-order valence-electron chi connectivity index (χ1n) is 3.35. The number of carbonyl (C=O) groups is 1. The number of nitrogens with one attached hydrogen (secondary N) is 1. The van der Waals surface area contributed by atoms with Crippen molar-refractivity contribution in [3.63, 3.8) is 0 Å². The lowest BCUT2D eigenvalue weighted by Crippen LogP contribution is -2.34. The van der Waals surface area contributed by atoms with Crippen LogP contribution >= 0.6 is 0 Å². The molecule has 1 saturated carbocycles. The van der Waals surface area contributed by atoms with Crippen molar-refractivity contribution in [3.8, 4) is 0 Å². The van der Waals surface area contributed by atoms with Gasteiger partial charge in [0.15, 0.2) is 0 Å². The molecule has 0 aliphatic heterocycles. The van der Waals surface area contributed by atoms with Crippen molar-refractivity contribution in [2.24, 2.45) is 11.8 Å². The van der Waals surface area contributed by atoms with E-state index in [-0.39, 0.29) is 11.8 Å². The number of hydrazine groups is 1. The van der Waals surface area contributed by atoms with Gasteiger partial charge < -0.3 is 0 Å². The Balaban J connectivity index is 2.32. The van der Waals surface area contributed by atoms with Gasteiger partial charge in [0, 0.05) is 5.92 Å². The first-order valence-corrected chi connectivity index (χ1v) is 3.35. The highest BCUT2D eigenvalue weighted by Crippen LogP contribution is 2.24. The fraction of sp³-hybridized carbons (Fsp3) is 0.833. The molecule has 0 heterocycles. The highest BCUT2D eigenvalue weighted by atomic mass is 16.2. The molecule has 1 aliphatic rings. The van der Waals surface area contributed by atoms with Crippen LogP contribution in [0, 0.1) is 5.92 Å². The smallest absolute Gasteiger partial charge is 0.236 e. The Bertz CT molecular complexity index is 108. The van der Waals surface area contributed by atoms with Crippen molar-refractivity contribution in [2.45, 2.75) is 25.7 Å². The van der Waals surface area contributed by atoms with Gasteiger partial charge in [-0.2, -0.15) is 0 Å². The highest BCUT2D eigenvalue weighted by Gasteiger charge is 2.21. The van der Waals surface area contributed by atoms with Crippen molar-refractivity contribution in [1.82, 2.24) is 5.43 Å². The van der Waals surface area contributed by atoms with Gasteiger partial charge in [0.2, 0.25) is 5.91 Å². The minimum Gasteiger partial charge on any atom is -0.294 e. The summed E-state index contributed by atoms with van der Waals surface area (Å²) in [7, 11) is 0. The average Bonchev–Trinajstić information content (AvgIpc) is 2.37. The molecule has 9 heavy (non-hydrogen) atoms. The van der Waals surface area contributed by atoms with Crippen molar-refractivity contribution in [1.29, 1.82) is 0 Å². The first kappa shape index (κ1) is 6.55. The van der Waals surface area contributed by atoms with Crippen LogP contribution < -0.4 is 11.3 Å². The third-order valence-electron chi connectivity index (χ3n) is 1.87. The molecule has 1 aliphatic carbocycles. The Labute approximate surface area is 54.6 Å². The van der Waals surface area contributed by atoms with Crippen LogP contribution in [-0.4, -0.2) is 5.91 Å². The second kappa shape index (κ2) is 2.82. The van der Waals surface area contributed by atoms with Crippen LogP contribution in [0.3, 0.4) is 0 Å². The second-order valence-electron chi connectivity index (χ2n) is 2.49. The number of hydrogen-bond donors (Lipinski definition) is 2. The van der Waals surface area contributed by atoms with E-state index >= 15 is 0 Å². The summed E-state index contributed by atoms with van der Waals surface area (Å²) in [5.74, 6) is 5.16. The van der Waals surface area contributed by atoms with E-state index in [2.05, 4.69) is 5.43 Å². The lowest BCUT2D eigenvalue weighted by molar-refractivity contribution is -0.124. The molecule has 0 radical (unpaired) electrons. The molecule has 0 aromatic heterocycles. The molecule has 1 fully saturated rings. The van der Waals surface area contributed by atoms with Gasteiger partial charge in [0.25, 0.3) is 0 Å². The van der Waals surface area contributed by atoms with Gasteiger partial charge >= 0.3 is 0 Å². The predicted octanol–water partition coefficient (Wildman–Crippen LogP) is 0.166. The second-order valence-corrected chi connectivity index (χ2v) is 2.49. The fourth-order valence-corrected chi connectivity index (χ4v) is 1.31. The van der Waals surface area contributed by atoms with Gasteiger partial charge in [-0.1, -0.05) is 12.8 Å². The zero-order valence-electron chi connectivity index (χ0n) is 5.39. The van der Waals surface area contributed by atoms with Gasteiger partial charge in [-0.3, -0.25) is 10.2 Å². The topological polar surface area (TPSA) is 55.1 Å². The molecular weight excluding hydrogens is 116 g/mol. The minimum atomic E-state index is 0.00694. The van der Waals surface area contributed by atoms with E-state index in [1.165, 1.54) is 12.8 Å². The van der Waals surface area contributed by atoms with Crippen molar-refractivity contribution >= 4 is 5.91 Å². The maximum absolute atomic E-state index is 10.8. The third kappa shape index (κ3) is 1.42. The maximum Gasteiger partial charge on any atom is 0.236 e. The summed E-state index contributed by atoms with van der Waals surface area (Å²) < 4.78 is 0. The summed E-state index contributed by atoms with van der Waals surface area (Å²) >= 11 is 0. The number of hydrogen-bond acceptors (Lipinski definition) is 2. The quantitative estimate of drug-likeness (QED) is 0.300. The van der Waals surface area contributed by atoms with E-state index in [0.29, 0.717) is 0 Å². The van der Waals surface area contributed by atoms with Crippen LogP contribution in [0.2, 0.25) is 0 Å². The van der Waals surface area contributed by atoms with Crippen molar-refractivity contribution < 1.29 is 4.79 Å². The fourth-order valence-electron chi connectivity index (χ4n) is 1.31. The van der Waals surface area contributed by atoms with E-state index in [9.17, 15) is 4.79 Å². The van der Waals surface area contributed by atoms with Gasteiger partial charge in [0.1, 0.15) is 0 Å². The third-order valence-corrected chi connectivity index (χ3v) is 1.87. The van der Waals surface area contributed by atoms with Gasteiger partial charge in [-0.15, -0.1) is 0 Å². The van der Waals surface area contributed by atoms with Crippen LogP contribution in [0.25, 0.3) is 0 Å². The lowest BCUT2D eigenvalue weighted by atomic mass is 10.1. The molecule has 0 aromatic carbocycles. The van der Waals surface area contributed by atoms with Crippen molar-refractivity contribution in [3.05, 3.63) is 0 Å². The number of nitrogens with two attached hydrogens (primary N) is 1. The van der Waals surface area contributed by atoms with Crippen LogP contribution in [0.15, 0.2) is 0 Å². The van der Waals surface area contributed by atoms with Gasteiger partial charge in [0.05, 0.1) is 0 Å². The predicted molar refractivity (Wildman–Crippen MR) is 34.3 cm³/mol. The van der Waals surface area contributed by atoms with E-state index in [1.807, 2.05) is 0 Å². The molecule has 0 aromatic rings. The Morgan fingerprint density at radius 3 is 2.44 bits per heavy atom. The molecule has 0 atom stereocenters. The zero-order valence-corrected chi connectivity index (χ0v) is 5.39. The normalized spacial score (nSPS) is 20.1. The molecule has 3 N–H and O–H groups in total. The van der Waals surface area contributed by atoms with Crippen LogP contribution in [-0.2, 0) is 4.79 Å². The maximum atomic E-state index is 10.8. The minimum absolute atomic E-state index is 0.00694. The Hall–Kier alpha value is -0.570. The molecule has 1 amide bonds. The molecular formula is C6H12N2O. The Morgan fingerprint density at radius 1 is 1.44 bits per heavy atom. The zero-order chi connectivity index (χ0) is 6.69. The number of amides is 1. The molecule has 3 nitrogen and oxygen atoms in total. The summed E-state index contributed by atoms with van der Waals surface area (Å²) in [5.41, 5.74) is 2.17. The number of rotatable bonds is 1. The van der Waals surface area contributed by atoms with E-state index in [0.717, 1.165) is 12.8 Å². The van der Waals surface area contributed by atoms with E-state index in [1.54, 1.807) is 0 Å². The summed E-state index contributed by atoms with van der Waals surface area (Å²) in [5, 5.41) is 0. The standard InChI is InChI=1S/C6H12N2O/c7-8-6(9)5-3-1-2-4-5/h5H,1-4,7H2,(H,8,9). The molecule has 3 heteroatoms. The summed E-state index contributed by atoms with van der Waals surface area (Å²) in [6.45, 7) is 0. The SMILES string of the molecule is NNC(=O)C1CCCC1. The summed E-state index contributed by atoms with van der Waals surface area (Å²) in [6.07, 6.45) is 4.39. The average molecular weight is 128 g/mol. The van der Waals surface area contributed by atoms with Gasteiger partial charge in [-0.05, 0) is 12.8 Å².